The van der Waals surface area contributed by atoms with Gasteiger partial charge in [0.2, 0.25) is 5.91 Å². The fourth-order valence-corrected chi connectivity index (χ4v) is 2.61. The van der Waals surface area contributed by atoms with Crippen LogP contribution in [0.2, 0.25) is 0 Å². The van der Waals surface area contributed by atoms with Gasteiger partial charge in [-0.3, -0.25) is 9.59 Å². The van der Waals surface area contributed by atoms with Crippen molar-refractivity contribution < 1.29 is 14.3 Å². The average molecular weight is 341 g/mol. The summed E-state index contributed by atoms with van der Waals surface area (Å²) in [5.41, 5.74) is 0.808. The Labute approximate surface area is 146 Å². The molecule has 1 aromatic rings. The fraction of sp³-hybridized carbons (Fsp3) is 0.412. The number of nitrogens with one attached hydrogen (secondary N) is 1. The number of likely N-dealkylation sites (N-methyl/N-ethyl adjacent to an activating group) is 1. The Morgan fingerprint density at radius 1 is 1.32 bits per heavy atom. The van der Waals surface area contributed by atoms with Crippen LogP contribution < -0.4 is 15.0 Å². The van der Waals surface area contributed by atoms with Gasteiger partial charge in [0.25, 0.3) is 5.91 Å². The number of benzene rings is 1. The van der Waals surface area contributed by atoms with Crippen LogP contribution in [0.25, 0.3) is 0 Å². The first-order chi connectivity index (χ1) is 12.1. The first kappa shape index (κ1) is 18.1. The maximum Gasteiger partial charge on any atom is 0.262 e. The molecule has 8 nitrogen and oxygen atoms in total. The van der Waals surface area contributed by atoms with Crippen LogP contribution >= 0.6 is 0 Å². The normalized spacial score (nSPS) is 15.2. The van der Waals surface area contributed by atoms with Gasteiger partial charge >= 0.3 is 0 Å². The lowest BCUT2D eigenvalue weighted by Gasteiger charge is -2.35. The third-order valence-corrected chi connectivity index (χ3v) is 3.87. The van der Waals surface area contributed by atoms with E-state index in [2.05, 4.69) is 5.32 Å². The van der Waals surface area contributed by atoms with Gasteiger partial charge in [-0.2, -0.15) is 10.5 Å². The molecule has 1 N–H and O–H groups in total. The smallest absolute Gasteiger partial charge is 0.262 e. The molecule has 1 aliphatic rings. The van der Waals surface area contributed by atoms with Gasteiger partial charge in [0.1, 0.15) is 18.8 Å². The van der Waals surface area contributed by atoms with Crippen molar-refractivity contribution in [2.45, 2.75) is 12.5 Å². The molecule has 0 spiro atoms. The van der Waals surface area contributed by atoms with Crippen molar-refractivity contribution in [3.05, 3.63) is 24.3 Å². The van der Waals surface area contributed by atoms with Gasteiger partial charge in [-0.05, 0) is 12.1 Å². The topological polar surface area (TPSA) is 109 Å². The molecular weight excluding hydrogens is 322 g/mol. The van der Waals surface area contributed by atoms with E-state index in [0.29, 0.717) is 18.8 Å². The summed E-state index contributed by atoms with van der Waals surface area (Å²) >= 11 is 0. The molecule has 1 atom stereocenters. The van der Waals surface area contributed by atoms with Crippen LogP contribution in [-0.4, -0.2) is 56.0 Å². The van der Waals surface area contributed by atoms with E-state index in [0.717, 1.165) is 5.69 Å². The quantitative estimate of drug-likeness (QED) is 0.744. The number of nitrogens with zero attached hydrogens (tertiary/aromatic N) is 4. The SMILES string of the molecule is CNC(=O)[C@H]1CN(CCC(=O)N(CC#N)CC#N)c2ccccc2O1. The zero-order valence-electron chi connectivity index (χ0n) is 13.9. The number of amides is 2. The number of anilines is 1. The van der Waals surface area contributed by atoms with Gasteiger partial charge in [0.05, 0.1) is 24.4 Å². The molecule has 25 heavy (non-hydrogen) atoms. The van der Waals surface area contributed by atoms with E-state index in [9.17, 15) is 9.59 Å². The Kier molecular flexibility index (Phi) is 6.19. The van der Waals surface area contributed by atoms with Crippen molar-refractivity contribution >= 4 is 17.5 Å². The molecule has 1 aromatic carbocycles. The van der Waals surface area contributed by atoms with Crippen LogP contribution in [0, 0.1) is 22.7 Å². The second-order valence-electron chi connectivity index (χ2n) is 5.45. The van der Waals surface area contributed by atoms with Crippen LogP contribution in [0.5, 0.6) is 5.75 Å². The number of ether oxygens (including phenoxy) is 1. The van der Waals surface area contributed by atoms with E-state index in [-0.39, 0.29) is 31.3 Å². The Morgan fingerprint density at radius 2 is 2.00 bits per heavy atom. The molecular formula is C17H19N5O3. The highest BCUT2D eigenvalue weighted by atomic mass is 16.5. The van der Waals surface area contributed by atoms with Crippen molar-refractivity contribution in [1.29, 1.82) is 10.5 Å². The summed E-state index contributed by atoms with van der Waals surface area (Å²) in [5.74, 6) is 0.0747. The standard InChI is InChI=1S/C17H19N5O3/c1-20-17(24)15-12-22(13-4-2-3-5-14(13)25-15)9-6-16(23)21(10-7-18)11-8-19/h2-5,15H,6,9-12H2,1H3,(H,20,24)/t15-/m1/s1. The molecule has 0 aliphatic carbocycles. The number of carbonyl (C=O) groups excluding carboxylic acids is 2. The van der Waals surface area contributed by atoms with E-state index >= 15 is 0 Å². The summed E-state index contributed by atoms with van der Waals surface area (Å²) in [5, 5.41) is 20.1. The predicted molar refractivity (Wildman–Crippen MR) is 89.6 cm³/mol. The monoisotopic (exact) mass is 341 g/mol. The summed E-state index contributed by atoms with van der Waals surface area (Å²) in [7, 11) is 1.54. The molecule has 0 saturated heterocycles. The first-order valence-corrected chi connectivity index (χ1v) is 7.84. The summed E-state index contributed by atoms with van der Waals surface area (Å²) in [6.07, 6.45) is -0.526. The highest BCUT2D eigenvalue weighted by Gasteiger charge is 2.30. The summed E-state index contributed by atoms with van der Waals surface area (Å²) in [4.78, 5) is 27.3. The maximum absolute atomic E-state index is 12.2. The summed E-state index contributed by atoms with van der Waals surface area (Å²) in [6.45, 7) is 0.445. The Bertz CT molecular complexity index is 706. The van der Waals surface area contributed by atoms with Crippen LogP contribution in [0.3, 0.4) is 0 Å². The van der Waals surface area contributed by atoms with Gasteiger partial charge in [0, 0.05) is 20.0 Å². The molecule has 0 unspecified atom stereocenters. The number of rotatable bonds is 6. The molecule has 1 heterocycles. The molecule has 0 bridgehead atoms. The van der Waals surface area contributed by atoms with Crippen molar-refractivity contribution in [2.75, 3.05) is 38.1 Å². The molecule has 8 heteroatoms. The zero-order valence-corrected chi connectivity index (χ0v) is 13.9. The van der Waals surface area contributed by atoms with Crippen molar-refractivity contribution in [1.82, 2.24) is 10.2 Å². The predicted octanol–water partition coefficient (Wildman–Crippen LogP) is 0.266. The highest BCUT2D eigenvalue weighted by molar-refractivity contribution is 5.83. The molecule has 2 rings (SSSR count). The molecule has 1 aliphatic heterocycles. The van der Waals surface area contributed by atoms with E-state index in [1.807, 2.05) is 35.2 Å². The molecule has 130 valence electrons. The number of fused-ring (bicyclic) bond motifs is 1. The summed E-state index contributed by atoms with van der Waals surface area (Å²) in [6, 6.07) is 11.1. The van der Waals surface area contributed by atoms with Crippen LogP contribution in [0.1, 0.15) is 6.42 Å². The Morgan fingerprint density at radius 3 is 2.64 bits per heavy atom. The Balaban J connectivity index is 2.09. The minimum atomic E-state index is -0.663. The summed E-state index contributed by atoms with van der Waals surface area (Å²) < 4.78 is 5.71. The van der Waals surface area contributed by atoms with E-state index in [1.54, 1.807) is 13.1 Å². The lowest BCUT2D eigenvalue weighted by Crippen LogP contribution is -2.49. The minimum absolute atomic E-state index is 0.118. The van der Waals surface area contributed by atoms with Gasteiger partial charge in [-0.1, -0.05) is 12.1 Å². The van der Waals surface area contributed by atoms with Crippen molar-refractivity contribution in [3.8, 4) is 17.9 Å². The molecule has 0 aromatic heterocycles. The average Bonchev–Trinajstić information content (AvgIpc) is 2.64. The first-order valence-electron chi connectivity index (χ1n) is 7.84. The number of nitriles is 2. The van der Waals surface area contributed by atoms with E-state index in [4.69, 9.17) is 15.3 Å². The lowest BCUT2D eigenvalue weighted by atomic mass is 10.1. The molecule has 2 amide bonds. The highest BCUT2D eigenvalue weighted by Crippen LogP contribution is 2.33. The number of hydrogen-bond acceptors (Lipinski definition) is 6. The third kappa shape index (κ3) is 4.39. The van der Waals surface area contributed by atoms with E-state index in [1.165, 1.54) is 4.90 Å². The van der Waals surface area contributed by atoms with Crippen molar-refractivity contribution in [2.24, 2.45) is 0 Å². The van der Waals surface area contributed by atoms with Crippen molar-refractivity contribution in [3.63, 3.8) is 0 Å². The maximum atomic E-state index is 12.2. The minimum Gasteiger partial charge on any atom is -0.477 e. The molecule has 0 saturated carbocycles. The molecule has 0 radical (unpaired) electrons. The second kappa shape index (κ2) is 8.55. The Hall–Kier alpha value is -3.26. The lowest BCUT2D eigenvalue weighted by molar-refractivity contribution is -0.129. The fourth-order valence-electron chi connectivity index (χ4n) is 2.61. The van der Waals surface area contributed by atoms with Crippen LogP contribution in [0.15, 0.2) is 24.3 Å². The zero-order chi connectivity index (χ0) is 18.2. The molecule has 0 fully saturated rings. The van der Waals surface area contributed by atoms with Gasteiger partial charge < -0.3 is 19.9 Å². The largest absolute Gasteiger partial charge is 0.477 e. The van der Waals surface area contributed by atoms with Crippen LogP contribution in [0.4, 0.5) is 5.69 Å². The number of carbonyl (C=O) groups is 2. The van der Waals surface area contributed by atoms with Gasteiger partial charge in [-0.15, -0.1) is 0 Å². The third-order valence-electron chi connectivity index (χ3n) is 3.87. The van der Waals surface area contributed by atoms with E-state index < -0.39 is 6.10 Å². The van der Waals surface area contributed by atoms with Gasteiger partial charge in [0.15, 0.2) is 6.10 Å². The number of hydrogen-bond donors (Lipinski definition) is 1. The van der Waals surface area contributed by atoms with Gasteiger partial charge in [-0.25, -0.2) is 0 Å². The van der Waals surface area contributed by atoms with Crippen LogP contribution in [-0.2, 0) is 9.59 Å². The second-order valence-corrected chi connectivity index (χ2v) is 5.45. The number of para-hydroxylation sites is 2.